The highest BCUT2D eigenvalue weighted by molar-refractivity contribution is 5.77. The minimum Gasteiger partial charge on any atom is -0.481 e. The second-order valence-corrected chi connectivity index (χ2v) is 14.9. The average Bonchev–Trinajstić information content (AvgIpc) is 2.79. The van der Waals surface area contributed by atoms with E-state index < -0.39 is 46.1 Å². The third-order valence-corrected chi connectivity index (χ3v) is 13.6. The van der Waals surface area contributed by atoms with Crippen LogP contribution >= 0.6 is 0 Å². The van der Waals surface area contributed by atoms with Crippen molar-refractivity contribution in [3.63, 3.8) is 0 Å². The van der Waals surface area contributed by atoms with Gasteiger partial charge in [-0.2, -0.15) is 0 Å². The molecule has 0 saturated heterocycles. The highest BCUT2D eigenvalue weighted by Gasteiger charge is 2.72. The third kappa shape index (κ3) is 2.85. The summed E-state index contributed by atoms with van der Waals surface area (Å²) in [7, 11) is 0. The van der Waals surface area contributed by atoms with Crippen LogP contribution in [0.15, 0.2) is 11.6 Å². The van der Waals surface area contributed by atoms with E-state index in [2.05, 4.69) is 26.8 Å². The molecular weight excluding hydrogens is 456 g/mol. The number of carbonyl (C=O) groups is 1. The summed E-state index contributed by atoms with van der Waals surface area (Å²) in [6.07, 6.45) is 3.94. The molecule has 0 spiro atoms. The molecule has 204 valence electrons. The Balaban J connectivity index is 1.66. The molecule has 12 atom stereocenters. The fourth-order valence-corrected chi connectivity index (χ4v) is 10.9. The van der Waals surface area contributed by atoms with Crippen LogP contribution in [-0.2, 0) is 4.79 Å². The Hall–Kier alpha value is -0.950. The van der Waals surface area contributed by atoms with Crippen LogP contribution in [0.4, 0.5) is 0 Å². The quantitative estimate of drug-likeness (QED) is 0.343. The van der Waals surface area contributed by atoms with Crippen molar-refractivity contribution < 1.29 is 30.3 Å². The molecule has 0 aromatic carbocycles. The Kier molecular flexibility index (Phi) is 5.61. The summed E-state index contributed by atoms with van der Waals surface area (Å²) in [6, 6.07) is 0. The highest BCUT2D eigenvalue weighted by Crippen LogP contribution is 2.75. The van der Waals surface area contributed by atoms with Gasteiger partial charge in [0.25, 0.3) is 0 Å². The number of allylic oxidation sites excluding steroid dienone is 2. The zero-order valence-corrected chi connectivity index (χ0v) is 23.2. The maximum Gasteiger partial charge on any atom is 0.310 e. The summed E-state index contributed by atoms with van der Waals surface area (Å²) in [5.41, 5.74) is -2.12. The fourth-order valence-electron chi connectivity index (χ4n) is 10.9. The Labute approximate surface area is 216 Å². The SMILES string of the molecule is C[C@@H]1C2C3=CCC4[C@]5(C)C(CC[C@@]4(C)[C@]3(C)CC[C@@]2(C(=O)O)CC[C@]1(C)O)C(C)(C)[C@H](O)[C@@H](O)[C@@H]5O. The van der Waals surface area contributed by atoms with Gasteiger partial charge in [0.05, 0.1) is 23.2 Å². The van der Waals surface area contributed by atoms with Crippen LogP contribution in [0.5, 0.6) is 0 Å². The van der Waals surface area contributed by atoms with Crippen LogP contribution in [0, 0.1) is 50.7 Å². The molecule has 3 unspecified atom stereocenters. The summed E-state index contributed by atoms with van der Waals surface area (Å²) < 4.78 is 0. The van der Waals surface area contributed by atoms with Crippen LogP contribution in [0.1, 0.15) is 93.4 Å². The van der Waals surface area contributed by atoms with Crippen molar-refractivity contribution in [2.45, 2.75) is 117 Å². The Bertz CT molecular complexity index is 986. The topological polar surface area (TPSA) is 118 Å². The molecule has 0 heterocycles. The summed E-state index contributed by atoms with van der Waals surface area (Å²) >= 11 is 0. The smallest absolute Gasteiger partial charge is 0.310 e. The monoisotopic (exact) mass is 504 g/mol. The minimum absolute atomic E-state index is 0.0612. The number of carboxylic acid groups (broad SMARTS) is 1. The molecule has 0 bridgehead atoms. The Morgan fingerprint density at radius 3 is 2.11 bits per heavy atom. The molecule has 4 fully saturated rings. The van der Waals surface area contributed by atoms with Crippen LogP contribution in [0.2, 0.25) is 0 Å². The molecule has 0 aromatic rings. The standard InChI is InChI=1S/C30H48O6/c1-16-20-17-8-9-19-27(5,11-10-18-25(2,3)22(32)21(31)23(33)29(18,19)7)26(17,4)12-14-30(20,24(34)35)15-13-28(16,6)36/h8,16,18-23,31-33,36H,9-15H2,1-7H3,(H,34,35)/t16-,18?,19?,20?,21-,22-,23+,26-,27-,28+,29+,30-/m1/s1. The van der Waals surface area contributed by atoms with Crippen LogP contribution in [0.25, 0.3) is 0 Å². The maximum atomic E-state index is 12.8. The van der Waals surface area contributed by atoms with Crippen molar-refractivity contribution in [1.82, 2.24) is 0 Å². The predicted octanol–water partition coefficient (Wildman–Crippen LogP) is 4.15. The van der Waals surface area contributed by atoms with E-state index in [1.54, 1.807) is 0 Å². The van der Waals surface area contributed by atoms with Crippen molar-refractivity contribution >= 4 is 5.97 Å². The Morgan fingerprint density at radius 2 is 1.50 bits per heavy atom. The van der Waals surface area contributed by atoms with Gasteiger partial charge in [-0.25, -0.2) is 0 Å². The lowest BCUT2D eigenvalue weighted by molar-refractivity contribution is -0.279. The molecule has 0 amide bonds. The van der Waals surface area contributed by atoms with E-state index >= 15 is 0 Å². The molecule has 5 rings (SSSR count). The van der Waals surface area contributed by atoms with E-state index in [-0.39, 0.29) is 34.5 Å². The number of aliphatic hydroxyl groups is 4. The molecule has 6 heteroatoms. The largest absolute Gasteiger partial charge is 0.481 e. The van der Waals surface area contributed by atoms with E-state index in [4.69, 9.17) is 0 Å². The summed E-state index contributed by atoms with van der Waals surface area (Å²) in [4.78, 5) is 12.8. The summed E-state index contributed by atoms with van der Waals surface area (Å²) in [6.45, 7) is 14.7. The number of carboxylic acids is 1. The van der Waals surface area contributed by atoms with Gasteiger partial charge >= 0.3 is 5.97 Å². The van der Waals surface area contributed by atoms with Crippen molar-refractivity contribution in [2.24, 2.45) is 50.7 Å². The molecule has 0 radical (unpaired) electrons. The zero-order chi connectivity index (χ0) is 26.9. The van der Waals surface area contributed by atoms with Gasteiger partial charge in [0.15, 0.2) is 0 Å². The lowest BCUT2D eigenvalue weighted by Crippen LogP contribution is -2.72. The zero-order valence-electron chi connectivity index (χ0n) is 23.2. The molecule has 5 N–H and O–H groups in total. The highest BCUT2D eigenvalue weighted by atomic mass is 16.4. The molecule has 0 aromatic heterocycles. The number of rotatable bonds is 1. The second-order valence-electron chi connectivity index (χ2n) is 14.9. The van der Waals surface area contributed by atoms with Crippen LogP contribution in [-0.4, -0.2) is 55.4 Å². The average molecular weight is 505 g/mol. The predicted molar refractivity (Wildman–Crippen MR) is 137 cm³/mol. The van der Waals surface area contributed by atoms with Crippen molar-refractivity contribution in [2.75, 3.05) is 0 Å². The number of fused-ring (bicyclic) bond motifs is 7. The van der Waals surface area contributed by atoms with Gasteiger partial charge in [0, 0.05) is 11.3 Å². The first-order valence-corrected chi connectivity index (χ1v) is 14.1. The molecular formula is C30H48O6. The van der Waals surface area contributed by atoms with Gasteiger partial charge in [-0.3, -0.25) is 4.79 Å². The minimum atomic E-state index is -1.19. The van der Waals surface area contributed by atoms with Crippen molar-refractivity contribution in [3.05, 3.63) is 11.6 Å². The summed E-state index contributed by atoms with van der Waals surface area (Å²) in [5, 5.41) is 55.3. The number of aliphatic carboxylic acids is 1. The van der Waals surface area contributed by atoms with E-state index in [9.17, 15) is 30.3 Å². The van der Waals surface area contributed by atoms with Gasteiger partial charge in [-0.15, -0.1) is 0 Å². The molecule has 5 aliphatic rings. The fraction of sp³-hybridized carbons (Fsp3) is 0.900. The lowest BCUT2D eigenvalue weighted by atomic mass is 9.32. The van der Waals surface area contributed by atoms with E-state index in [0.29, 0.717) is 25.7 Å². The van der Waals surface area contributed by atoms with E-state index in [1.165, 1.54) is 5.57 Å². The van der Waals surface area contributed by atoms with E-state index in [0.717, 1.165) is 19.3 Å². The normalized spacial score (nSPS) is 58.0. The molecule has 4 saturated carbocycles. The summed E-state index contributed by atoms with van der Waals surface area (Å²) in [5.74, 6) is -0.976. The Morgan fingerprint density at radius 1 is 0.889 bits per heavy atom. The van der Waals surface area contributed by atoms with Crippen molar-refractivity contribution in [1.29, 1.82) is 0 Å². The first kappa shape index (κ1) is 26.6. The number of hydrogen-bond acceptors (Lipinski definition) is 5. The van der Waals surface area contributed by atoms with Gasteiger partial charge < -0.3 is 25.5 Å². The maximum absolute atomic E-state index is 12.8. The van der Waals surface area contributed by atoms with Crippen molar-refractivity contribution in [3.8, 4) is 0 Å². The first-order chi connectivity index (χ1) is 16.4. The number of aliphatic hydroxyl groups excluding tert-OH is 3. The van der Waals surface area contributed by atoms with Gasteiger partial charge in [-0.05, 0) is 85.9 Å². The van der Waals surface area contributed by atoms with Gasteiger partial charge in [-0.1, -0.05) is 53.2 Å². The second kappa shape index (κ2) is 7.58. The molecule has 0 aliphatic heterocycles. The first-order valence-electron chi connectivity index (χ1n) is 14.1. The lowest BCUT2D eigenvalue weighted by Gasteiger charge is -2.72. The molecule has 6 nitrogen and oxygen atoms in total. The molecule has 36 heavy (non-hydrogen) atoms. The van der Waals surface area contributed by atoms with Gasteiger partial charge in [0.2, 0.25) is 0 Å². The van der Waals surface area contributed by atoms with E-state index in [1.807, 2.05) is 27.7 Å². The third-order valence-electron chi connectivity index (χ3n) is 13.6. The number of hydrogen-bond donors (Lipinski definition) is 5. The van der Waals surface area contributed by atoms with Crippen LogP contribution < -0.4 is 0 Å². The van der Waals surface area contributed by atoms with Gasteiger partial charge in [0.1, 0.15) is 6.10 Å². The van der Waals surface area contributed by atoms with Crippen LogP contribution in [0.3, 0.4) is 0 Å². The molecule has 5 aliphatic carbocycles.